The quantitative estimate of drug-likeness (QED) is 0.897. The molecule has 2 amide bonds. The predicted octanol–water partition coefficient (Wildman–Crippen LogP) is 1.00. The lowest BCUT2D eigenvalue weighted by atomic mass is 10.1. The monoisotopic (exact) mass is 280 g/mol. The third-order valence-corrected chi connectivity index (χ3v) is 5.02. The lowest BCUT2D eigenvalue weighted by molar-refractivity contribution is -0.146. The summed E-state index contributed by atoms with van der Waals surface area (Å²) in [5, 5.41) is 2.91. The fourth-order valence-electron chi connectivity index (χ4n) is 2.69. The fraction of sp³-hybridized carbons (Fsp3) is 0.538. The van der Waals surface area contributed by atoms with Crippen molar-refractivity contribution in [2.45, 2.75) is 36.4 Å². The van der Waals surface area contributed by atoms with E-state index in [1.54, 1.807) is 29.8 Å². The molecule has 1 aromatic heterocycles. The minimum Gasteiger partial charge on any atom is -0.468 e. The molecule has 0 aromatic carbocycles. The first kappa shape index (κ1) is 12.6. The number of thioether (sulfide) groups is 1. The molecule has 2 saturated heterocycles. The molecular weight excluding hydrogens is 264 g/mol. The lowest BCUT2D eigenvalue weighted by Gasteiger charge is -2.34. The fourth-order valence-corrected chi connectivity index (χ4v) is 3.96. The highest BCUT2D eigenvalue weighted by atomic mass is 32.2. The third-order valence-electron chi connectivity index (χ3n) is 3.64. The Labute approximate surface area is 115 Å². The number of rotatable bonds is 3. The van der Waals surface area contributed by atoms with Crippen LogP contribution in [0.3, 0.4) is 0 Å². The number of nitrogens with zero attached hydrogens (tertiary/aromatic N) is 1. The Kier molecular flexibility index (Phi) is 3.26. The topological polar surface area (TPSA) is 62.6 Å². The molecule has 5 nitrogen and oxygen atoms in total. The number of amides is 2. The van der Waals surface area contributed by atoms with Crippen LogP contribution in [0.5, 0.6) is 0 Å². The molecule has 3 heterocycles. The largest absolute Gasteiger partial charge is 0.468 e. The van der Waals surface area contributed by atoms with Crippen LogP contribution >= 0.6 is 11.8 Å². The molecular formula is C13H16N2O3S. The first-order valence-corrected chi connectivity index (χ1v) is 7.46. The highest BCUT2D eigenvalue weighted by Gasteiger charge is 2.47. The van der Waals surface area contributed by atoms with Crippen LogP contribution in [0.15, 0.2) is 22.8 Å². The Balaban J connectivity index is 1.68. The molecule has 2 fully saturated rings. The van der Waals surface area contributed by atoms with Crippen LogP contribution in [0, 0.1) is 0 Å². The summed E-state index contributed by atoms with van der Waals surface area (Å²) < 4.78 is 5.29. The molecule has 2 aliphatic heterocycles. The standard InChI is InChI=1S/C13H16N2O3S/c1-8-13(17)15-5-4-10(11(15)12(16)14-8)19-7-9-3-2-6-18-9/h2-3,6,8,10-11H,4-5,7H2,1H3,(H,14,16). The summed E-state index contributed by atoms with van der Waals surface area (Å²) in [6.45, 7) is 2.41. The maximum Gasteiger partial charge on any atom is 0.245 e. The zero-order valence-electron chi connectivity index (χ0n) is 10.7. The van der Waals surface area contributed by atoms with Crippen molar-refractivity contribution in [3.05, 3.63) is 24.2 Å². The molecule has 1 aromatic rings. The minimum atomic E-state index is -0.391. The summed E-state index contributed by atoms with van der Waals surface area (Å²) in [6, 6.07) is 3.07. The zero-order chi connectivity index (χ0) is 13.4. The van der Waals surface area contributed by atoms with E-state index in [1.165, 1.54) is 0 Å². The van der Waals surface area contributed by atoms with E-state index >= 15 is 0 Å². The van der Waals surface area contributed by atoms with Crippen LogP contribution in [-0.2, 0) is 15.3 Å². The maximum absolute atomic E-state index is 12.1. The second-order valence-electron chi connectivity index (χ2n) is 4.92. The first-order valence-electron chi connectivity index (χ1n) is 6.41. The van der Waals surface area contributed by atoms with Gasteiger partial charge in [0.25, 0.3) is 0 Å². The molecule has 2 aliphatic rings. The summed E-state index contributed by atoms with van der Waals surface area (Å²) in [6.07, 6.45) is 2.51. The maximum atomic E-state index is 12.1. The van der Waals surface area contributed by atoms with E-state index < -0.39 is 6.04 Å². The van der Waals surface area contributed by atoms with Gasteiger partial charge in [-0.1, -0.05) is 0 Å². The van der Waals surface area contributed by atoms with E-state index in [1.807, 2.05) is 12.1 Å². The van der Waals surface area contributed by atoms with E-state index in [0.29, 0.717) is 6.54 Å². The Bertz CT molecular complexity index is 488. The minimum absolute atomic E-state index is 0.0263. The molecule has 3 unspecified atom stereocenters. The van der Waals surface area contributed by atoms with Crippen LogP contribution in [-0.4, -0.2) is 40.6 Å². The van der Waals surface area contributed by atoms with E-state index in [-0.39, 0.29) is 23.1 Å². The third kappa shape index (κ3) is 2.25. The van der Waals surface area contributed by atoms with E-state index in [2.05, 4.69) is 5.32 Å². The summed E-state index contributed by atoms with van der Waals surface area (Å²) in [4.78, 5) is 25.8. The molecule has 0 radical (unpaired) electrons. The van der Waals surface area contributed by atoms with Crippen LogP contribution in [0.4, 0.5) is 0 Å². The van der Waals surface area contributed by atoms with Gasteiger partial charge < -0.3 is 14.6 Å². The SMILES string of the molecule is CC1NC(=O)C2C(SCc3ccco3)CCN2C1=O. The first-order chi connectivity index (χ1) is 9.16. The van der Waals surface area contributed by atoms with Crippen LogP contribution in [0.25, 0.3) is 0 Å². The number of carbonyl (C=O) groups is 2. The van der Waals surface area contributed by atoms with E-state index in [9.17, 15) is 9.59 Å². The average Bonchev–Trinajstić information content (AvgIpc) is 3.03. The number of fused-ring (bicyclic) bond motifs is 1. The Morgan fingerprint density at radius 1 is 1.53 bits per heavy atom. The van der Waals surface area contributed by atoms with E-state index in [0.717, 1.165) is 17.9 Å². The van der Waals surface area contributed by atoms with Crippen LogP contribution < -0.4 is 5.32 Å². The van der Waals surface area contributed by atoms with Crippen molar-refractivity contribution in [3.8, 4) is 0 Å². The van der Waals surface area contributed by atoms with Crippen LogP contribution in [0.2, 0.25) is 0 Å². The van der Waals surface area contributed by atoms with Crippen molar-refractivity contribution >= 4 is 23.6 Å². The van der Waals surface area contributed by atoms with Gasteiger partial charge in [-0.3, -0.25) is 9.59 Å². The normalized spacial score (nSPS) is 30.4. The molecule has 6 heteroatoms. The number of furan rings is 1. The van der Waals surface area contributed by atoms with Crippen molar-refractivity contribution < 1.29 is 14.0 Å². The van der Waals surface area contributed by atoms with E-state index in [4.69, 9.17) is 4.42 Å². The molecule has 0 saturated carbocycles. The van der Waals surface area contributed by atoms with Crippen molar-refractivity contribution in [2.24, 2.45) is 0 Å². The number of nitrogens with one attached hydrogen (secondary N) is 1. The predicted molar refractivity (Wildman–Crippen MR) is 71.5 cm³/mol. The average molecular weight is 280 g/mol. The van der Waals surface area contributed by atoms with Gasteiger partial charge >= 0.3 is 0 Å². The van der Waals surface area contributed by atoms with Crippen LogP contribution in [0.1, 0.15) is 19.1 Å². The van der Waals surface area contributed by atoms with Gasteiger partial charge in [0, 0.05) is 11.8 Å². The Morgan fingerprint density at radius 2 is 2.37 bits per heavy atom. The molecule has 19 heavy (non-hydrogen) atoms. The van der Waals surface area contributed by atoms with Gasteiger partial charge in [-0.15, -0.1) is 11.8 Å². The summed E-state index contributed by atoms with van der Waals surface area (Å²) in [5.74, 6) is 1.64. The molecule has 0 aliphatic carbocycles. The smallest absolute Gasteiger partial charge is 0.245 e. The van der Waals surface area contributed by atoms with Gasteiger partial charge in [0.15, 0.2) is 0 Å². The Hall–Kier alpha value is -1.43. The summed E-state index contributed by atoms with van der Waals surface area (Å²) >= 11 is 1.69. The molecule has 0 bridgehead atoms. The number of carbonyl (C=O) groups excluding carboxylic acids is 2. The second-order valence-corrected chi connectivity index (χ2v) is 6.15. The number of hydrogen-bond donors (Lipinski definition) is 1. The van der Waals surface area contributed by atoms with Crippen molar-refractivity contribution in [3.63, 3.8) is 0 Å². The van der Waals surface area contributed by atoms with Gasteiger partial charge in [-0.2, -0.15) is 0 Å². The zero-order valence-corrected chi connectivity index (χ0v) is 11.5. The Morgan fingerprint density at radius 3 is 3.11 bits per heavy atom. The van der Waals surface area contributed by atoms with Gasteiger partial charge in [-0.05, 0) is 25.5 Å². The molecule has 1 N–H and O–H groups in total. The summed E-state index contributed by atoms with van der Waals surface area (Å²) in [7, 11) is 0. The summed E-state index contributed by atoms with van der Waals surface area (Å²) in [5.41, 5.74) is 0. The van der Waals surface area contributed by atoms with Gasteiger partial charge in [0.05, 0.1) is 12.0 Å². The van der Waals surface area contributed by atoms with Crippen molar-refractivity contribution in [1.82, 2.24) is 10.2 Å². The van der Waals surface area contributed by atoms with Gasteiger partial charge in [0.1, 0.15) is 17.8 Å². The number of hydrogen-bond acceptors (Lipinski definition) is 4. The number of piperazine rings is 1. The highest BCUT2D eigenvalue weighted by Crippen LogP contribution is 2.33. The molecule has 3 atom stereocenters. The van der Waals surface area contributed by atoms with Crippen molar-refractivity contribution in [1.29, 1.82) is 0 Å². The molecule has 102 valence electrons. The lowest BCUT2D eigenvalue weighted by Crippen LogP contribution is -2.61. The van der Waals surface area contributed by atoms with Gasteiger partial charge in [-0.25, -0.2) is 0 Å². The molecule has 0 spiro atoms. The van der Waals surface area contributed by atoms with Crippen molar-refractivity contribution in [2.75, 3.05) is 6.54 Å². The second kappa shape index (κ2) is 4.92. The van der Waals surface area contributed by atoms with Gasteiger partial charge in [0.2, 0.25) is 11.8 Å². The highest BCUT2D eigenvalue weighted by molar-refractivity contribution is 7.99. The molecule has 3 rings (SSSR count).